The van der Waals surface area contributed by atoms with Gasteiger partial charge in [0, 0.05) is 11.6 Å². The summed E-state index contributed by atoms with van der Waals surface area (Å²) in [5, 5.41) is 12.7. The molecule has 6 nitrogen and oxygen atoms in total. The molecule has 1 aromatic carbocycles. The number of hydrogen-bond donors (Lipinski definition) is 2. The van der Waals surface area contributed by atoms with Gasteiger partial charge in [0.05, 0.1) is 19.3 Å². The Kier molecular flexibility index (Phi) is 5.49. The number of nitrogens with zero attached hydrogens (tertiary/aromatic N) is 1. The Balaban J connectivity index is 2.03. The van der Waals surface area contributed by atoms with Gasteiger partial charge in [0.1, 0.15) is 11.8 Å². The van der Waals surface area contributed by atoms with Crippen LogP contribution < -0.4 is 10.1 Å². The number of ether oxygens (including phenoxy) is 1. The number of piperidine rings is 1. The van der Waals surface area contributed by atoms with Crippen molar-refractivity contribution in [2.24, 2.45) is 0 Å². The van der Waals surface area contributed by atoms with Crippen molar-refractivity contribution >= 4 is 29.2 Å². The second-order valence-electron chi connectivity index (χ2n) is 5.14. The van der Waals surface area contributed by atoms with E-state index in [0.29, 0.717) is 29.4 Å². The second kappa shape index (κ2) is 7.35. The standard InChI is InChI=1S/C15H19ClN2O4/c1-22-13-6-5-10(16)8-11(13)17-9-14(19)18-7-3-2-4-12(18)15(20)21/h5-6,8,12,17H,2-4,7,9H2,1H3,(H,20,21). The number of amides is 1. The molecule has 1 saturated heterocycles. The van der Waals surface area contributed by atoms with Crippen molar-refractivity contribution in [1.29, 1.82) is 0 Å². The van der Waals surface area contributed by atoms with Crippen LogP contribution >= 0.6 is 11.6 Å². The Morgan fingerprint density at radius 3 is 2.91 bits per heavy atom. The summed E-state index contributed by atoms with van der Waals surface area (Å²) in [6.07, 6.45) is 2.16. The predicted octanol–water partition coefficient (Wildman–Crippen LogP) is 2.23. The molecule has 0 radical (unpaired) electrons. The number of likely N-dealkylation sites (tertiary alicyclic amines) is 1. The average Bonchev–Trinajstić information content (AvgIpc) is 2.52. The van der Waals surface area contributed by atoms with Crippen molar-refractivity contribution in [3.63, 3.8) is 0 Å². The SMILES string of the molecule is COc1ccc(Cl)cc1NCC(=O)N1CCCCC1C(=O)O. The molecule has 0 spiro atoms. The quantitative estimate of drug-likeness (QED) is 0.867. The summed E-state index contributed by atoms with van der Waals surface area (Å²) in [7, 11) is 1.53. The van der Waals surface area contributed by atoms with Gasteiger partial charge >= 0.3 is 5.97 Å². The summed E-state index contributed by atoms with van der Waals surface area (Å²) in [6.45, 7) is 0.477. The van der Waals surface area contributed by atoms with Gasteiger partial charge in [-0.2, -0.15) is 0 Å². The van der Waals surface area contributed by atoms with E-state index in [2.05, 4.69) is 5.32 Å². The van der Waals surface area contributed by atoms with Gasteiger partial charge in [-0.25, -0.2) is 4.79 Å². The summed E-state index contributed by atoms with van der Waals surface area (Å²) in [5.41, 5.74) is 0.604. The number of methoxy groups -OCH3 is 1. The minimum absolute atomic E-state index is 0.000478. The fourth-order valence-electron chi connectivity index (χ4n) is 2.58. The lowest BCUT2D eigenvalue weighted by molar-refractivity contribution is -0.151. The normalized spacial score (nSPS) is 17.9. The van der Waals surface area contributed by atoms with E-state index in [4.69, 9.17) is 16.3 Å². The number of hydrogen-bond acceptors (Lipinski definition) is 4. The van der Waals surface area contributed by atoms with E-state index in [1.807, 2.05) is 0 Å². The molecule has 22 heavy (non-hydrogen) atoms. The molecule has 1 fully saturated rings. The summed E-state index contributed by atoms with van der Waals surface area (Å²) in [6, 6.07) is 4.33. The molecular weight excluding hydrogens is 308 g/mol. The van der Waals surface area contributed by atoms with Crippen LogP contribution in [0.3, 0.4) is 0 Å². The number of nitrogens with one attached hydrogen (secondary N) is 1. The molecule has 1 aliphatic heterocycles. The first-order valence-corrected chi connectivity index (χ1v) is 7.50. The Labute approximate surface area is 134 Å². The van der Waals surface area contributed by atoms with Gasteiger partial charge < -0.3 is 20.1 Å². The maximum atomic E-state index is 12.3. The Hall–Kier alpha value is -1.95. The van der Waals surface area contributed by atoms with Crippen molar-refractivity contribution in [3.8, 4) is 5.75 Å². The van der Waals surface area contributed by atoms with E-state index < -0.39 is 12.0 Å². The van der Waals surface area contributed by atoms with Crippen LogP contribution in [0.5, 0.6) is 5.75 Å². The highest BCUT2D eigenvalue weighted by Crippen LogP contribution is 2.27. The van der Waals surface area contributed by atoms with E-state index in [1.54, 1.807) is 18.2 Å². The topological polar surface area (TPSA) is 78.9 Å². The largest absolute Gasteiger partial charge is 0.495 e. The minimum atomic E-state index is -0.951. The van der Waals surface area contributed by atoms with Crippen LogP contribution in [-0.4, -0.2) is 48.1 Å². The first-order valence-electron chi connectivity index (χ1n) is 7.12. The Morgan fingerprint density at radius 2 is 2.23 bits per heavy atom. The summed E-state index contributed by atoms with van der Waals surface area (Å²) in [4.78, 5) is 25.0. The first kappa shape index (κ1) is 16.4. The smallest absolute Gasteiger partial charge is 0.326 e. The van der Waals surface area contributed by atoms with Crippen molar-refractivity contribution in [1.82, 2.24) is 4.90 Å². The number of halogens is 1. The molecule has 1 heterocycles. The predicted molar refractivity (Wildman–Crippen MR) is 83.5 cm³/mol. The molecule has 0 saturated carbocycles. The number of aliphatic carboxylic acids is 1. The van der Waals surface area contributed by atoms with Crippen LogP contribution in [0.4, 0.5) is 5.69 Å². The highest BCUT2D eigenvalue weighted by atomic mass is 35.5. The second-order valence-corrected chi connectivity index (χ2v) is 5.57. The third kappa shape index (κ3) is 3.82. The number of rotatable bonds is 5. The van der Waals surface area contributed by atoms with Crippen LogP contribution in [0.1, 0.15) is 19.3 Å². The third-order valence-electron chi connectivity index (χ3n) is 3.70. The van der Waals surface area contributed by atoms with Gasteiger partial charge in [-0.3, -0.25) is 4.79 Å². The number of benzene rings is 1. The lowest BCUT2D eigenvalue weighted by Crippen LogP contribution is -2.49. The number of carbonyl (C=O) groups excluding carboxylic acids is 1. The van der Waals surface area contributed by atoms with Crippen LogP contribution in [0, 0.1) is 0 Å². The fraction of sp³-hybridized carbons (Fsp3) is 0.467. The van der Waals surface area contributed by atoms with Crippen molar-refractivity contribution in [2.75, 3.05) is 25.5 Å². The first-order chi connectivity index (χ1) is 10.5. The highest BCUT2D eigenvalue weighted by molar-refractivity contribution is 6.30. The number of anilines is 1. The van der Waals surface area contributed by atoms with Crippen LogP contribution in [0.25, 0.3) is 0 Å². The van der Waals surface area contributed by atoms with Gasteiger partial charge in [-0.1, -0.05) is 11.6 Å². The maximum absolute atomic E-state index is 12.3. The van der Waals surface area contributed by atoms with Crippen molar-refractivity contribution < 1.29 is 19.4 Å². The van der Waals surface area contributed by atoms with Gasteiger partial charge in [-0.15, -0.1) is 0 Å². The summed E-state index contributed by atoms with van der Waals surface area (Å²) in [5.74, 6) is -0.617. The van der Waals surface area contributed by atoms with Crippen molar-refractivity contribution in [2.45, 2.75) is 25.3 Å². The number of carbonyl (C=O) groups is 2. The van der Waals surface area contributed by atoms with E-state index in [0.717, 1.165) is 12.8 Å². The monoisotopic (exact) mass is 326 g/mol. The molecule has 0 bridgehead atoms. The zero-order chi connectivity index (χ0) is 16.1. The Bertz CT molecular complexity index is 564. The highest BCUT2D eigenvalue weighted by Gasteiger charge is 2.31. The van der Waals surface area contributed by atoms with Gasteiger partial charge in [0.2, 0.25) is 5.91 Å². The van der Waals surface area contributed by atoms with Crippen molar-refractivity contribution in [3.05, 3.63) is 23.2 Å². The molecule has 0 aliphatic carbocycles. The molecule has 1 aromatic rings. The zero-order valence-electron chi connectivity index (χ0n) is 12.3. The molecule has 0 aromatic heterocycles. The summed E-state index contributed by atoms with van der Waals surface area (Å²) >= 11 is 5.93. The number of carboxylic acid groups (broad SMARTS) is 1. The van der Waals surface area contributed by atoms with Crippen LogP contribution in [0.15, 0.2) is 18.2 Å². The lowest BCUT2D eigenvalue weighted by Gasteiger charge is -2.33. The maximum Gasteiger partial charge on any atom is 0.326 e. The van der Waals surface area contributed by atoms with Crippen LogP contribution in [-0.2, 0) is 9.59 Å². The molecule has 2 N–H and O–H groups in total. The van der Waals surface area contributed by atoms with E-state index in [-0.39, 0.29) is 12.5 Å². The molecule has 120 valence electrons. The van der Waals surface area contributed by atoms with Gasteiger partial charge in [-0.05, 0) is 37.5 Å². The van der Waals surface area contributed by atoms with Gasteiger partial charge in [0.25, 0.3) is 0 Å². The van der Waals surface area contributed by atoms with Gasteiger partial charge in [0.15, 0.2) is 0 Å². The van der Waals surface area contributed by atoms with Crippen LogP contribution in [0.2, 0.25) is 5.02 Å². The van der Waals surface area contributed by atoms with E-state index >= 15 is 0 Å². The fourth-order valence-corrected chi connectivity index (χ4v) is 2.75. The molecule has 1 atom stereocenters. The Morgan fingerprint density at radius 1 is 1.45 bits per heavy atom. The van der Waals surface area contributed by atoms with E-state index in [1.165, 1.54) is 12.0 Å². The number of carboxylic acids is 1. The molecular formula is C15H19ClN2O4. The summed E-state index contributed by atoms with van der Waals surface area (Å²) < 4.78 is 5.20. The minimum Gasteiger partial charge on any atom is -0.495 e. The molecule has 7 heteroatoms. The van der Waals surface area contributed by atoms with E-state index in [9.17, 15) is 14.7 Å². The molecule has 2 rings (SSSR count). The molecule has 1 amide bonds. The lowest BCUT2D eigenvalue weighted by atomic mass is 10.0. The molecule has 1 unspecified atom stereocenters. The zero-order valence-corrected chi connectivity index (χ0v) is 13.1. The average molecular weight is 327 g/mol. The third-order valence-corrected chi connectivity index (χ3v) is 3.93. The molecule has 1 aliphatic rings.